The Kier molecular flexibility index (Phi) is 5.05. The van der Waals surface area contributed by atoms with E-state index in [9.17, 15) is 13.2 Å². The van der Waals surface area contributed by atoms with E-state index >= 15 is 0 Å². The van der Waals surface area contributed by atoms with Crippen LogP contribution in [-0.4, -0.2) is 27.1 Å². The minimum Gasteiger partial charge on any atom is -0.375 e. The average molecular weight is 339 g/mol. The summed E-state index contributed by atoms with van der Waals surface area (Å²) in [7, 11) is -3.41. The standard InChI is InChI=1S/C15H15ClN2O3S/c1-22(20,21)14-9-5-4-8-13(14)18-15(19)10-17-12-7-3-2-6-11(12)16/h2-9,17H,10H2,1H3,(H,18,19). The van der Waals surface area contributed by atoms with E-state index in [0.29, 0.717) is 10.7 Å². The fourth-order valence-corrected chi connectivity index (χ4v) is 2.91. The fraction of sp³-hybridized carbons (Fsp3) is 0.133. The zero-order valence-electron chi connectivity index (χ0n) is 11.8. The van der Waals surface area contributed by atoms with Gasteiger partial charge in [0.25, 0.3) is 0 Å². The summed E-state index contributed by atoms with van der Waals surface area (Å²) < 4.78 is 23.3. The van der Waals surface area contributed by atoms with Crippen LogP contribution in [0.2, 0.25) is 5.02 Å². The van der Waals surface area contributed by atoms with Gasteiger partial charge in [0, 0.05) is 6.26 Å². The maximum atomic E-state index is 12.0. The van der Waals surface area contributed by atoms with Gasteiger partial charge < -0.3 is 10.6 Å². The summed E-state index contributed by atoms with van der Waals surface area (Å²) in [4.78, 5) is 12.0. The van der Waals surface area contributed by atoms with Gasteiger partial charge in [0.2, 0.25) is 5.91 Å². The predicted octanol–water partition coefficient (Wildman–Crippen LogP) is 2.79. The fourth-order valence-electron chi connectivity index (χ4n) is 1.87. The van der Waals surface area contributed by atoms with E-state index < -0.39 is 9.84 Å². The number of sulfone groups is 1. The maximum Gasteiger partial charge on any atom is 0.243 e. The minimum absolute atomic E-state index is 0.0260. The number of hydrogen-bond donors (Lipinski definition) is 2. The first-order chi connectivity index (χ1) is 10.4. The molecular weight excluding hydrogens is 324 g/mol. The Morgan fingerprint density at radius 2 is 1.64 bits per heavy atom. The average Bonchev–Trinajstić information content (AvgIpc) is 2.46. The van der Waals surface area contributed by atoms with E-state index in [1.165, 1.54) is 6.07 Å². The van der Waals surface area contributed by atoms with Crippen molar-refractivity contribution in [1.82, 2.24) is 0 Å². The van der Waals surface area contributed by atoms with Crippen molar-refractivity contribution in [3.63, 3.8) is 0 Å². The van der Waals surface area contributed by atoms with Crippen LogP contribution in [0.4, 0.5) is 11.4 Å². The number of benzene rings is 2. The summed E-state index contributed by atoms with van der Waals surface area (Å²) in [5.41, 5.74) is 0.895. The number of para-hydroxylation sites is 2. The zero-order chi connectivity index (χ0) is 16.2. The van der Waals surface area contributed by atoms with Gasteiger partial charge in [-0.25, -0.2) is 8.42 Å². The number of carbonyl (C=O) groups excluding carboxylic acids is 1. The van der Waals surface area contributed by atoms with Crippen LogP contribution in [0.5, 0.6) is 0 Å². The van der Waals surface area contributed by atoms with E-state index in [1.54, 1.807) is 42.5 Å². The Morgan fingerprint density at radius 3 is 2.27 bits per heavy atom. The highest BCUT2D eigenvalue weighted by Crippen LogP contribution is 2.21. The first-order valence-electron chi connectivity index (χ1n) is 6.45. The van der Waals surface area contributed by atoms with Crippen LogP contribution in [0.25, 0.3) is 0 Å². The van der Waals surface area contributed by atoms with E-state index in [1.807, 2.05) is 0 Å². The van der Waals surface area contributed by atoms with Crippen LogP contribution in [0.1, 0.15) is 0 Å². The van der Waals surface area contributed by atoms with Crippen LogP contribution in [0.15, 0.2) is 53.4 Å². The lowest BCUT2D eigenvalue weighted by molar-refractivity contribution is -0.114. The third-order valence-electron chi connectivity index (χ3n) is 2.87. The van der Waals surface area contributed by atoms with Gasteiger partial charge in [0.1, 0.15) is 0 Å². The van der Waals surface area contributed by atoms with Crippen LogP contribution < -0.4 is 10.6 Å². The molecule has 2 rings (SSSR count). The summed E-state index contributed by atoms with van der Waals surface area (Å²) in [6.07, 6.45) is 1.10. The molecule has 0 aromatic heterocycles. The molecule has 2 aromatic carbocycles. The van der Waals surface area contributed by atoms with Crippen LogP contribution >= 0.6 is 11.6 Å². The number of halogens is 1. The summed E-state index contributed by atoms with van der Waals surface area (Å²) in [6, 6.07) is 13.3. The number of hydrogen-bond acceptors (Lipinski definition) is 4. The first kappa shape index (κ1) is 16.3. The molecule has 0 radical (unpaired) electrons. The second kappa shape index (κ2) is 6.81. The van der Waals surface area contributed by atoms with Crippen LogP contribution in [0, 0.1) is 0 Å². The molecular formula is C15H15ClN2O3S. The molecule has 0 bridgehead atoms. The molecule has 0 fully saturated rings. The van der Waals surface area contributed by atoms with Crippen LogP contribution in [0.3, 0.4) is 0 Å². The maximum absolute atomic E-state index is 12.0. The monoisotopic (exact) mass is 338 g/mol. The smallest absolute Gasteiger partial charge is 0.243 e. The second-order valence-electron chi connectivity index (χ2n) is 4.65. The molecule has 22 heavy (non-hydrogen) atoms. The van der Waals surface area contributed by atoms with Gasteiger partial charge in [0.15, 0.2) is 9.84 Å². The summed E-state index contributed by atoms with van der Waals surface area (Å²) >= 11 is 5.98. The molecule has 2 aromatic rings. The lowest BCUT2D eigenvalue weighted by atomic mass is 10.3. The number of anilines is 2. The van der Waals surface area contributed by atoms with Gasteiger partial charge in [-0.15, -0.1) is 0 Å². The highest BCUT2D eigenvalue weighted by Gasteiger charge is 2.14. The van der Waals surface area contributed by atoms with E-state index in [-0.39, 0.29) is 23.0 Å². The van der Waals surface area contributed by atoms with Gasteiger partial charge in [-0.05, 0) is 24.3 Å². The van der Waals surface area contributed by atoms with E-state index in [0.717, 1.165) is 6.26 Å². The Balaban J connectivity index is 2.06. The van der Waals surface area contributed by atoms with E-state index in [2.05, 4.69) is 10.6 Å². The van der Waals surface area contributed by atoms with Crippen molar-refractivity contribution in [3.05, 3.63) is 53.6 Å². The Labute approximate surface area is 134 Å². The molecule has 0 aliphatic heterocycles. The SMILES string of the molecule is CS(=O)(=O)c1ccccc1NC(=O)CNc1ccccc1Cl. The van der Waals surface area contributed by atoms with Gasteiger partial charge in [-0.3, -0.25) is 4.79 Å². The molecule has 0 saturated carbocycles. The number of nitrogens with one attached hydrogen (secondary N) is 2. The summed E-state index contributed by atoms with van der Waals surface area (Å²) in [5, 5.41) is 5.99. The molecule has 0 unspecified atom stereocenters. The molecule has 2 N–H and O–H groups in total. The lowest BCUT2D eigenvalue weighted by Gasteiger charge is -2.11. The van der Waals surface area contributed by atoms with Crippen molar-refractivity contribution in [2.45, 2.75) is 4.90 Å². The number of amides is 1. The zero-order valence-corrected chi connectivity index (χ0v) is 13.4. The quantitative estimate of drug-likeness (QED) is 0.879. The molecule has 0 saturated heterocycles. The molecule has 116 valence electrons. The molecule has 1 amide bonds. The van der Waals surface area contributed by atoms with Crippen molar-refractivity contribution in [2.24, 2.45) is 0 Å². The van der Waals surface area contributed by atoms with Crippen LogP contribution in [-0.2, 0) is 14.6 Å². The highest BCUT2D eigenvalue weighted by atomic mass is 35.5. The Hall–Kier alpha value is -2.05. The number of rotatable bonds is 5. The molecule has 0 spiro atoms. The normalized spacial score (nSPS) is 11.0. The van der Waals surface area contributed by atoms with Crippen molar-refractivity contribution in [2.75, 3.05) is 23.4 Å². The predicted molar refractivity (Wildman–Crippen MR) is 88.1 cm³/mol. The van der Waals surface area contributed by atoms with E-state index in [4.69, 9.17) is 11.6 Å². The van der Waals surface area contributed by atoms with Crippen molar-refractivity contribution < 1.29 is 13.2 Å². The minimum atomic E-state index is -3.41. The molecule has 0 heterocycles. The second-order valence-corrected chi connectivity index (χ2v) is 7.04. The lowest BCUT2D eigenvalue weighted by Crippen LogP contribution is -2.22. The molecule has 0 aliphatic carbocycles. The Morgan fingerprint density at radius 1 is 1.05 bits per heavy atom. The van der Waals surface area contributed by atoms with Gasteiger partial charge in [0.05, 0.1) is 27.8 Å². The Bertz CT molecular complexity index is 791. The molecule has 0 atom stereocenters. The van der Waals surface area contributed by atoms with Gasteiger partial charge in [-0.1, -0.05) is 35.9 Å². The first-order valence-corrected chi connectivity index (χ1v) is 8.72. The van der Waals surface area contributed by atoms with Crippen molar-refractivity contribution in [3.8, 4) is 0 Å². The highest BCUT2D eigenvalue weighted by molar-refractivity contribution is 7.90. The van der Waals surface area contributed by atoms with Crippen molar-refractivity contribution in [1.29, 1.82) is 0 Å². The third-order valence-corrected chi connectivity index (χ3v) is 4.36. The number of carbonyl (C=O) groups is 1. The van der Waals surface area contributed by atoms with Gasteiger partial charge >= 0.3 is 0 Å². The molecule has 7 heteroatoms. The third kappa shape index (κ3) is 4.22. The largest absolute Gasteiger partial charge is 0.375 e. The summed E-state index contributed by atoms with van der Waals surface area (Å²) in [5.74, 6) is -0.365. The van der Waals surface area contributed by atoms with Gasteiger partial charge in [-0.2, -0.15) is 0 Å². The topological polar surface area (TPSA) is 75.3 Å². The molecule has 5 nitrogen and oxygen atoms in total. The summed E-state index contributed by atoms with van der Waals surface area (Å²) in [6.45, 7) is -0.0260. The van der Waals surface area contributed by atoms with Crippen molar-refractivity contribution >= 4 is 38.7 Å². The molecule has 0 aliphatic rings.